The zero-order valence-electron chi connectivity index (χ0n) is 5.72. The lowest BCUT2D eigenvalue weighted by atomic mass is 10.5. The van der Waals surface area contributed by atoms with Crippen molar-refractivity contribution in [2.24, 2.45) is 5.73 Å². The van der Waals surface area contributed by atoms with Gasteiger partial charge in [-0.1, -0.05) is 0 Å². The van der Waals surface area contributed by atoms with E-state index in [1.54, 1.807) is 0 Å². The van der Waals surface area contributed by atoms with Crippen molar-refractivity contribution in [2.75, 3.05) is 20.3 Å². The van der Waals surface area contributed by atoms with Crippen molar-refractivity contribution in [1.29, 1.82) is 0 Å². The maximum absolute atomic E-state index is 10.5. The summed E-state index contributed by atoms with van der Waals surface area (Å²) in [6.45, 7) is -0.304. The van der Waals surface area contributed by atoms with Crippen LogP contribution in [-0.2, 0) is 14.3 Å². The number of methoxy groups -OCH3 is 1. The normalized spacial score (nSPS) is 9.00. The third-order valence-corrected chi connectivity index (χ3v) is 0.740. The Morgan fingerprint density at radius 2 is 2.10 bits per heavy atom. The molecule has 0 aliphatic carbocycles. The van der Waals surface area contributed by atoms with Crippen LogP contribution < -0.4 is 11.1 Å². The highest BCUT2D eigenvalue weighted by atomic mass is 16.5. The fourth-order valence-electron chi connectivity index (χ4n) is 0.374. The number of hydrogen-bond acceptors (Lipinski definition) is 4. The summed E-state index contributed by atoms with van der Waals surface area (Å²) in [4.78, 5) is 20.9. The van der Waals surface area contributed by atoms with Gasteiger partial charge in [-0.3, -0.25) is 14.9 Å². The van der Waals surface area contributed by atoms with Gasteiger partial charge in [0.25, 0.3) is 5.91 Å². The number of carbonyl (C=O) groups is 2. The van der Waals surface area contributed by atoms with Crippen molar-refractivity contribution in [1.82, 2.24) is 5.32 Å². The Labute approximate surface area is 58.5 Å². The molecule has 0 fully saturated rings. The van der Waals surface area contributed by atoms with Crippen LogP contribution in [0.1, 0.15) is 0 Å². The van der Waals surface area contributed by atoms with Crippen LogP contribution in [0, 0.1) is 0 Å². The average Bonchev–Trinajstić information content (AvgIpc) is 1.88. The molecule has 0 atom stereocenters. The quantitative estimate of drug-likeness (QED) is 0.494. The van der Waals surface area contributed by atoms with Gasteiger partial charge in [0.15, 0.2) is 0 Å². The Bertz CT molecular complexity index is 135. The highest BCUT2D eigenvalue weighted by Crippen LogP contribution is 1.68. The molecule has 0 aromatic rings. The van der Waals surface area contributed by atoms with Crippen molar-refractivity contribution in [2.45, 2.75) is 0 Å². The van der Waals surface area contributed by atoms with Gasteiger partial charge in [-0.25, -0.2) is 0 Å². The molecular weight excluding hydrogens is 136 g/mol. The van der Waals surface area contributed by atoms with Crippen molar-refractivity contribution in [3.8, 4) is 0 Å². The molecule has 0 aliphatic heterocycles. The van der Waals surface area contributed by atoms with Crippen molar-refractivity contribution in [3.63, 3.8) is 0 Å². The Balaban J connectivity index is 3.47. The molecule has 0 unspecified atom stereocenters. The van der Waals surface area contributed by atoms with Gasteiger partial charge < -0.3 is 10.5 Å². The van der Waals surface area contributed by atoms with E-state index in [1.807, 2.05) is 5.32 Å². The summed E-state index contributed by atoms with van der Waals surface area (Å²) in [7, 11) is 1.37. The van der Waals surface area contributed by atoms with E-state index in [1.165, 1.54) is 7.11 Å². The van der Waals surface area contributed by atoms with E-state index >= 15 is 0 Å². The van der Waals surface area contributed by atoms with Crippen LogP contribution in [0.4, 0.5) is 0 Å². The number of carbonyl (C=O) groups excluding carboxylic acids is 2. The van der Waals surface area contributed by atoms with Crippen LogP contribution in [0.5, 0.6) is 0 Å². The second-order valence-corrected chi connectivity index (χ2v) is 1.61. The molecule has 0 aromatic carbocycles. The van der Waals surface area contributed by atoms with Crippen molar-refractivity contribution < 1.29 is 14.3 Å². The summed E-state index contributed by atoms with van der Waals surface area (Å²) >= 11 is 0. The first-order valence-electron chi connectivity index (χ1n) is 2.72. The van der Waals surface area contributed by atoms with E-state index in [2.05, 4.69) is 4.74 Å². The standard InChI is InChI=1S/C5H10N2O3/c1-10-3-5(9)7-4(8)2-6/h2-3,6H2,1H3,(H,7,8,9). The summed E-state index contributed by atoms with van der Waals surface area (Å²) < 4.78 is 4.44. The van der Waals surface area contributed by atoms with E-state index in [0.29, 0.717) is 0 Å². The number of imide groups is 1. The van der Waals surface area contributed by atoms with E-state index in [-0.39, 0.29) is 13.2 Å². The number of hydrogen-bond donors (Lipinski definition) is 2. The summed E-state index contributed by atoms with van der Waals surface area (Å²) in [6.07, 6.45) is 0. The zero-order chi connectivity index (χ0) is 7.98. The molecule has 0 rings (SSSR count). The first-order chi connectivity index (χ1) is 4.70. The van der Waals surface area contributed by atoms with Gasteiger partial charge in [0, 0.05) is 7.11 Å². The molecule has 2 amide bonds. The molecular formula is C5H10N2O3. The molecule has 0 bridgehead atoms. The van der Waals surface area contributed by atoms with Crippen molar-refractivity contribution in [3.05, 3.63) is 0 Å². The SMILES string of the molecule is COCC(=O)NC(=O)CN. The zero-order valence-corrected chi connectivity index (χ0v) is 5.72. The molecule has 3 N–H and O–H groups in total. The van der Waals surface area contributed by atoms with Gasteiger partial charge in [-0.2, -0.15) is 0 Å². The van der Waals surface area contributed by atoms with Gasteiger partial charge in [-0.15, -0.1) is 0 Å². The fraction of sp³-hybridized carbons (Fsp3) is 0.600. The third kappa shape index (κ3) is 3.99. The maximum atomic E-state index is 10.5. The van der Waals surface area contributed by atoms with Crippen LogP contribution >= 0.6 is 0 Å². The molecule has 58 valence electrons. The van der Waals surface area contributed by atoms with Gasteiger partial charge >= 0.3 is 0 Å². The molecule has 0 aliphatic rings. The van der Waals surface area contributed by atoms with Crippen LogP contribution in [0.15, 0.2) is 0 Å². The van der Waals surface area contributed by atoms with Gasteiger partial charge in [-0.05, 0) is 0 Å². The molecule has 0 heterocycles. The second kappa shape index (κ2) is 4.89. The monoisotopic (exact) mass is 146 g/mol. The minimum absolute atomic E-state index is 0.119. The highest BCUT2D eigenvalue weighted by molar-refractivity contribution is 5.96. The van der Waals surface area contributed by atoms with Crippen LogP contribution in [-0.4, -0.2) is 32.1 Å². The molecule has 0 saturated heterocycles. The molecule has 10 heavy (non-hydrogen) atoms. The smallest absolute Gasteiger partial charge is 0.252 e. The van der Waals surface area contributed by atoms with Crippen LogP contribution in [0.3, 0.4) is 0 Å². The lowest BCUT2D eigenvalue weighted by Crippen LogP contribution is -2.37. The molecule has 0 saturated carbocycles. The molecule has 0 aromatic heterocycles. The van der Waals surface area contributed by atoms with E-state index in [9.17, 15) is 9.59 Å². The largest absolute Gasteiger partial charge is 0.375 e. The van der Waals surface area contributed by atoms with E-state index < -0.39 is 11.8 Å². The lowest BCUT2D eigenvalue weighted by molar-refractivity contribution is -0.131. The first kappa shape index (κ1) is 9.06. The van der Waals surface area contributed by atoms with Crippen LogP contribution in [0.2, 0.25) is 0 Å². The van der Waals surface area contributed by atoms with Gasteiger partial charge in [0.1, 0.15) is 6.61 Å². The minimum atomic E-state index is -0.498. The average molecular weight is 146 g/mol. The molecule has 0 spiro atoms. The number of nitrogens with two attached hydrogens (primary N) is 1. The van der Waals surface area contributed by atoms with Crippen molar-refractivity contribution >= 4 is 11.8 Å². The van der Waals surface area contributed by atoms with Gasteiger partial charge in [0.2, 0.25) is 5.91 Å². The Hall–Kier alpha value is -0.940. The summed E-state index contributed by atoms with van der Waals surface area (Å²) in [5, 5.41) is 2.00. The Morgan fingerprint density at radius 1 is 1.50 bits per heavy atom. The van der Waals surface area contributed by atoms with Crippen LogP contribution in [0.25, 0.3) is 0 Å². The van der Waals surface area contributed by atoms with E-state index in [4.69, 9.17) is 5.73 Å². The topological polar surface area (TPSA) is 81.4 Å². The second-order valence-electron chi connectivity index (χ2n) is 1.61. The minimum Gasteiger partial charge on any atom is -0.375 e. The summed E-state index contributed by atoms with van der Waals surface area (Å²) in [5.74, 6) is -0.972. The first-order valence-corrected chi connectivity index (χ1v) is 2.72. The summed E-state index contributed by atoms with van der Waals surface area (Å²) in [5.41, 5.74) is 4.91. The third-order valence-electron chi connectivity index (χ3n) is 0.740. The lowest BCUT2D eigenvalue weighted by Gasteiger charge is -1.98. The maximum Gasteiger partial charge on any atom is 0.252 e. The Kier molecular flexibility index (Phi) is 4.43. The fourth-order valence-corrected chi connectivity index (χ4v) is 0.374. The Morgan fingerprint density at radius 3 is 2.50 bits per heavy atom. The van der Waals surface area contributed by atoms with Gasteiger partial charge in [0.05, 0.1) is 6.54 Å². The number of amides is 2. The highest BCUT2D eigenvalue weighted by Gasteiger charge is 2.03. The molecule has 5 heteroatoms. The predicted molar refractivity (Wildman–Crippen MR) is 34.1 cm³/mol. The predicted octanol–water partition coefficient (Wildman–Crippen LogP) is -1.77. The molecule has 0 radical (unpaired) electrons. The van der Waals surface area contributed by atoms with E-state index in [0.717, 1.165) is 0 Å². The summed E-state index contributed by atoms with van der Waals surface area (Å²) in [6, 6.07) is 0. The number of rotatable bonds is 3. The number of nitrogens with one attached hydrogen (secondary N) is 1. The molecule has 5 nitrogen and oxygen atoms in total. The number of ether oxygens (including phenoxy) is 1.